The van der Waals surface area contributed by atoms with Gasteiger partial charge in [0.2, 0.25) is 0 Å². The number of hydrogen-bond donors (Lipinski definition) is 1. The van der Waals surface area contributed by atoms with E-state index < -0.39 is 29.8 Å². The lowest BCUT2D eigenvalue weighted by atomic mass is 9.95. The van der Waals surface area contributed by atoms with Crippen molar-refractivity contribution in [2.45, 2.75) is 46.5 Å². The molecule has 0 unspecified atom stereocenters. The molecule has 3 aromatic heterocycles. The normalized spacial score (nSPS) is 14.5. The van der Waals surface area contributed by atoms with Crippen LogP contribution in [0.2, 0.25) is 4.34 Å². The number of nitrogens with zero attached hydrogens (tertiary/aromatic N) is 3. The molecule has 0 aromatic carbocycles. The average molecular weight is 466 g/mol. The molecule has 0 fully saturated rings. The van der Waals surface area contributed by atoms with Crippen LogP contribution in [0.15, 0.2) is 41.3 Å². The summed E-state index contributed by atoms with van der Waals surface area (Å²) in [5.41, 5.74) is -1.24. The van der Waals surface area contributed by atoms with E-state index in [0.29, 0.717) is 27.4 Å². The summed E-state index contributed by atoms with van der Waals surface area (Å²) in [7, 11) is 0. The van der Waals surface area contributed by atoms with Crippen molar-refractivity contribution in [3.05, 3.63) is 61.8 Å². The largest absolute Gasteiger partial charge is 0.481 e. The van der Waals surface area contributed by atoms with E-state index in [1.165, 1.54) is 28.2 Å². The van der Waals surface area contributed by atoms with E-state index in [1.54, 1.807) is 32.9 Å². The van der Waals surface area contributed by atoms with Gasteiger partial charge in [-0.15, -0.1) is 11.3 Å². The molecule has 0 amide bonds. The second-order valence-corrected chi connectivity index (χ2v) is 9.63. The number of aromatic nitrogens is 3. The number of thiophene rings is 1. The van der Waals surface area contributed by atoms with Gasteiger partial charge in [-0.1, -0.05) is 32.4 Å². The molecule has 3 rings (SSSR count). The summed E-state index contributed by atoms with van der Waals surface area (Å²) in [5.74, 6) is -2.35. The number of aliphatic carboxylic acids is 1. The molecule has 0 aliphatic heterocycles. The predicted molar refractivity (Wildman–Crippen MR) is 121 cm³/mol. The number of aryl methyl sites for hydroxylation is 3. The molecule has 3 heterocycles. The van der Waals surface area contributed by atoms with E-state index in [0.717, 1.165) is 11.1 Å². The monoisotopic (exact) mass is 465 g/mol. The lowest BCUT2D eigenvalue weighted by molar-refractivity contribution is -0.137. The molecule has 164 valence electrons. The summed E-state index contributed by atoms with van der Waals surface area (Å²) in [6.07, 6.45) is -1.43. The molecular formula is C22H24ClN3O4S. The maximum atomic E-state index is 13.2. The van der Waals surface area contributed by atoms with Crippen molar-refractivity contribution in [1.82, 2.24) is 14.3 Å². The van der Waals surface area contributed by atoms with Gasteiger partial charge in [0.25, 0.3) is 11.5 Å². The molecule has 0 aliphatic carbocycles. The highest BCUT2D eigenvalue weighted by Crippen LogP contribution is 2.25. The number of carbonyl (C=O) groups excluding carboxylic acids is 1. The highest BCUT2D eigenvalue weighted by atomic mass is 35.5. The Hall–Kier alpha value is -2.71. The Morgan fingerprint density at radius 3 is 2.61 bits per heavy atom. The Bertz CT molecular complexity index is 1340. The first kappa shape index (κ1) is 17.9. The topological polar surface area (TPSA) is 94.2 Å². The quantitative estimate of drug-likeness (QED) is 0.559. The Labute approximate surface area is 194 Å². The highest BCUT2D eigenvalue weighted by Gasteiger charge is 2.27. The van der Waals surface area contributed by atoms with Gasteiger partial charge in [-0.2, -0.15) is 5.10 Å². The molecule has 0 atom stereocenters. The smallest absolute Gasteiger partial charge is 0.305 e. The summed E-state index contributed by atoms with van der Waals surface area (Å²) < 4.78 is 33.7. The molecular weight excluding hydrogens is 438 g/mol. The Balaban J connectivity index is 2.10. The van der Waals surface area contributed by atoms with Crippen molar-refractivity contribution in [2.75, 3.05) is 0 Å². The zero-order chi connectivity index (χ0) is 26.3. The second kappa shape index (κ2) is 9.20. The van der Waals surface area contributed by atoms with Gasteiger partial charge in [-0.3, -0.25) is 14.4 Å². The first-order chi connectivity index (χ1) is 16.1. The average Bonchev–Trinajstić information content (AvgIpc) is 3.36. The van der Waals surface area contributed by atoms with Crippen LogP contribution < -0.4 is 5.56 Å². The zero-order valence-electron chi connectivity index (χ0n) is 21.2. The van der Waals surface area contributed by atoms with Crippen LogP contribution in [-0.2, 0) is 24.1 Å². The van der Waals surface area contributed by atoms with Gasteiger partial charge in [0.05, 0.1) is 24.7 Å². The summed E-state index contributed by atoms with van der Waals surface area (Å²) in [4.78, 5) is 38.6. The van der Waals surface area contributed by atoms with Crippen LogP contribution in [0.5, 0.6) is 0 Å². The number of carbonyl (C=O) groups is 2. The van der Waals surface area contributed by atoms with Gasteiger partial charge in [-0.25, -0.2) is 4.68 Å². The van der Waals surface area contributed by atoms with Gasteiger partial charge < -0.3 is 9.67 Å². The fraction of sp³-hybridized carbons (Fsp3) is 0.364. The molecule has 0 saturated carbocycles. The molecule has 0 saturated heterocycles. The first-order valence-electron chi connectivity index (χ1n) is 11.4. The van der Waals surface area contributed by atoms with Crippen molar-refractivity contribution in [2.24, 2.45) is 5.41 Å². The van der Waals surface area contributed by atoms with Crippen molar-refractivity contribution < 1.29 is 20.2 Å². The first-order valence-corrected chi connectivity index (χ1v) is 10.6. The lowest BCUT2D eigenvalue weighted by Gasteiger charge is -2.17. The number of carboxylic acid groups (broad SMARTS) is 1. The molecule has 3 aromatic rings. The fourth-order valence-corrected chi connectivity index (χ4v) is 3.93. The third kappa shape index (κ3) is 5.51. The van der Waals surface area contributed by atoms with Gasteiger partial charge in [0, 0.05) is 31.4 Å². The maximum absolute atomic E-state index is 13.2. The van der Waals surface area contributed by atoms with Crippen molar-refractivity contribution in [3.63, 3.8) is 0 Å². The van der Waals surface area contributed by atoms with Gasteiger partial charge >= 0.3 is 5.97 Å². The van der Waals surface area contributed by atoms with Crippen LogP contribution in [0.3, 0.4) is 0 Å². The maximum Gasteiger partial charge on any atom is 0.305 e. The van der Waals surface area contributed by atoms with Crippen molar-refractivity contribution in [1.29, 1.82) is 0 Å². The second-order valence-electron chi connectivity index (χ2n) is 7.83. The van der Waals surface area contributed by atoms with E-state index in [4.69, 9.17) is 22.2 Å². The van der Waals surface area contributed by atoms with E-state index in [-0.39, 0.29) is 17.2 Å². The highest BCUT2D eigenvalue weighted by molar-refractivity contribution is 7.16. The molecule has 0 radical (unpaired) electrons. The van der Waals surface area contributed by atoms with Crippen LogP contribution in [0.1, 0.15) is 48.0 Å². The van der Waals surface area contributed by atoms with Crippen LogP contribution in [0, 0.1) is 5.41 Å². The summed E-state index contributed by atoms with van der Waals surface area (Å²) in [5, 5.41) is 13.5. The van der Waals surface area contributed by atoms with Gasteiger partial charge in [0.1, 0.15) is 0 Å². The number of pyridine rings is 1. The van der Waals surface area contributed by atoms with E-state index in [2.05, 4.69) is 5.10 Å². The van der Waals surface area contributed by atoms with Crippen molar-refractivity contribution >= 4 is 34.8 Å². The minimum absolute atomic E-state index is 0.0906. The standard InChI is InChI=1S/C22H24ClN3O4S/c1-22(2,3)21(30)26-14(6-7-15-8-9-18(23)31-15)13-17(24-26)16-5-4-11-25(20(16)29)12-10-19(27)28/h4-5,8-9,11,13H,6-7,10,12H2,1-3H3,(H,27,28)/i10D2,12D2. The van der Waals surface area contributed by atoms with Crippen LogP contribution in [-0.4, -0.2) is 31.3 Å². The van der Waals surface area contributed by atoms with Crippen molar-refractivity contribution in [3.8, 4) is 11.3 Å². The molecule has 0 aliphatic rings. The Kier molecular flexibility index (Phi) is 5.32. The van der Waals surface area contributed by atoms with E-state index >= 15 is 0 Å². The third-order valence-electron chi connectivity index (χ3n) is 4.38. The summed E-state index contributed by atoms with van der Waals surface area (Å²) >= 11 is 7.42. The molecule has 7 nitrogen and oxygen atoms in total. The third-order valence-corrected chi connectivity index (χ3v) is 5.67. The lowest BCUT2D eigenvalue weighted by Crippen LogP contribution is -2.29. The Morgan fingerprint density at radius 2 is 2.00 bits per heavy atom. The van der Waals surface area contributed by atoms with Crippen LogP contribution in [0.25, 0.3) is 11.3 Å². The summed E-state index contributed by atoms with van der Waals surface area (Å²) in [6, 6.07) is 7.88. The Morgan fingerprint density at radius 1 is 1.26 bits per heavy atom. The molecule has 1 N–H and O–H groups in total. The predicted octanol–water partition coefficient (Wildman–Crippen LogP) is 4.37. The number of hydrogen-bond acceptors (Lipinski definition) is 5. The van der Waals surface area contributed by atoms with E-state index in [9.17, 15) is 14.4 Å². The molecule has 0 spiro atoms. The number of carboxylic acids is 1. The number of halogens is 1. The van der Waals surface area contributed by atoms with Crippen LogP contribution in [0.4, 0.5) is 0 Å². The molecule has 9 heteroatoms. The SMILES string of the molecule is [2H]C([2H])(C(=O)O)C([2H])([2H])n1cccc(-c2cc(CCc3ccc(Cl)s3)n(C(=O)C(C)(C)C)n2)c1=O. The van der Waals surface area contributed by atoms with Crippen LogP contribution >= 0.6 is 22.9 Å². The fourth-order valence-electron chi connectivity index (χ4n) is 2.85. The van der Waals surface area contributed by atoms with Gasteiger partial charge in [-0.05, 0) is 43.2 Å². The number of rotatable bonds is 7. The minimum atomic E-state index is -3.38. The summed E-state index contributed by atoms with van der Waals surface area (Å²) in [6.45, 7) is 2.00. The zero-order valence-corrected chi connectivity index (χ0v) is 18.8. The van der Waals surface area contributed by atoms with Gasteiger partial charge in [0.15, 0.2) is 0 Å². The molecule has 31 heavy (non-hydrogen) atoms. The van der Waals surface area contributed by atoms with E-state index in [1.807, 2.05) is 6.07 Å². The minimum Gasteiger partial charge on any atom is -0.481 e. The molecule has 0 bridgehead atoms.